The maximum Gasteiger partial charge on any atom is 0.262 e. The monoisotopic (exact) mass is 521 g/mol. The molecule has 3 aromatic carbocycles. The summed E-state index contributed by atoms with van der Waals surface area (Å²) in [5.41, 5.74) is 3.32. The number of nitrogens with one attached hydrogen (secondary N) is 1. The van der Waals surface area contributed by atoms with E-state index >= 15 is 0 Å². The fourth-order valence-electron chi connectivity index (χ4n) is 4.35. The quantitative estimate of drug-likeness (QED) is 0.386. The first-order valence-corrected chi connectivity index (χ1v) is 13.0. The van der Waals surface area contributed by atoms with Crippen molar-refractivity contribution in [3.05, 3.63) is 83.7 Å². The van der Waals surface area contributed by atoms with E-state index in [0.717, 1.165) is 23.2 Å². The molecule has 0 bridgehead atoms. The van der Waals surface area contributed by atoms with E-state index in [-0.39, 0.29) is 18.3 Å². The molecule has 1 aliphatic rings. The lowest BCUT2D eigenvalue weighted by atomic mass is 10.1. The van der Waals surface area contributed by atoms with E-state index in [1.807, 2.05) is 61.2 Å². The summed E-state index contributed by atoms with van der Waals surface area (Å²) in [5, 5.41) is 2.91. The Morgan fingerprint density at radius 2 is 1.68 bits per heavy atom. The summed E-state index contributed by atoms with van der Waals surface area (Å²) in [4.78, 5) is 17.4. The topological polar surface area (TPSA) is 54.0 Å². The number of hydrogen-bond acceptors (Lipinski definition) is 5. The molecule has 37 heavy (non-hydrogen) atoms. The maximum absolute atomic E-state index is 14.2. The van der Waals surface area contributed by atoms with Gasteiger partial charge in [-0.25, -0.2) is 4.39 Å². The fourth-order valence-corrected chi connectivity index (χ4v) is 4.66. The summed E-state index contributed by atoms with van der Waals surface area (Å²) in [6.07, 6.45) is 0.825. The third-order valence-corrected chi connectivity index (χ3v) is 6.78. The summed E-state index contributed by atoms with van der Waals surface area (Å²) < 4.78 is 25.8. The van der Waals surface area contributed by atoms with Crippen LogP contribution in [0, 0.1) is 5.82 Å². The summed E-state index contributed by atoms with van der Waals surface area (Å²) >= 11 is 5.78. The second kappa shape index (κ2) is 12.5. The van der Waals surface area contributed by atoms with Crippen LogP contribution in [0.1, 0.15) is 25.0 Å². The zero-order valence-electron chi connectivity index (χ0n) is 21.2. The number of carbonyl (C=O) groups excluding carboxylic acids is 1. The van der Waals surface area contributed by atoms with Crippen molar-refractivity contribution in [2.75, 3.05) is 49.6 Å². The number of thiocarbonyl (C=S) groups is 1. The first kappa shape index (κ1) is 26.4. The van der Waals surface area contributed by atoms with Crippen molar-refractivity contribution in [1.29, 1.82) is 0 Å². The number of hydrogen-bond donors (Lipinski definition) is 1. The standard InChI is InChI=1S/C29H32FN3O3S/c1-3-21-9-5-7-11-24(21)31-28(34)20-36-26-14-13-22(19-27(26)35-4-2)29(37)33-17-15-32(16-18-33)25-12-8-6-10-23(25)30/h5-14,19H,3-4,15-18,20H2,1-2H3,(H,31,34). The molecule has 0 aliphatic carbocycles. The van der Waals surface area contributed by atoms with Gasteiger partial charge in [0.05, 0.1) is 12.3 Å². The summed E-state index contributed by atoms with van der Waals surface area (Å²) in [6, 6.07) is 20.1. The molecule has 0 aromatic heterocycles. The van der Waals surface area contributed by atoms with Crippen molar-refractivity contribution in [1.82, 2.24) is 4.90 Å². The normalized spacial score (nSPS) is 13.3. The van der Waals surface area contributed by atoms with E-state index in [1.54, 1.807) is 18.2 Å². The highest BCUT2D eigenvalue weighted by molar-refractivity contribution is 7.80. The molecule has 1 aliphatic heterocycles. The summed E-state index contributed by atoms with van der Waals surface area (Å²) in [6.45, 7) is 6.98. The van der Waals surface area contributed by atoms with E-state index in [4.69, 9.17) is 21.7 Å². The van der Waals surface area contributed by atoms with Crippen LogP contribution in [0.25, 0.3) is 0 Å². The minimum absolute atomic E-state index is 0.139. The molecule has 1 saturated heterocycles. The number of rotatable bonds is 9. The van der Waals surface area contributed by atoms with Gasteiger partial charge in [-0.15, -0.1) is 0 Å². The Kier molecular flexibility index (Phi) is 8.95. The molecule has 6 nitrogen and oxygen atoms in total. The first-order chi connectivity index (χ1) is 18.0. The highest BCUT2D eigenvalue weighted by Gasteiger charge is 2.22. The Morgan fingerprint density at radius 1 is 0.946 bits per heavy atom. The van der Waals surface area contributed by atoms with Gasteiger partial charge in [0, 0.05) is 37.4 Å². The van der Waals surface area contributed by atoms with Crippen LogP contribution in [0.15, 0.2) is 66.7 Å². The van der Waals surface area contributed by atoms with Crippen LogP contribution in [-0.2, 0) is 11.2 Å². The Balaban J connectivity index is 1.38. The van der Waals surface area contributed by atoms with E-state index in [0.29, 0.717) is 55.0 Å². The molecule has 1 N–H and O–H groups in total. The van der Waals surface area contributed by atoms with Crippen LogP contribution in [0.3, 0.4) is 0 Å². The average Bonchev–Trinajstić information content (AvgIpc) is 2.93. The lowest BCUT2D eigenvalue weighted by Gasteiger charge is -2.37. The molecule has 1 fully saturated rings. The molecule has 0 spiro atoms. The van der Waals surface area contributed by atoms with E-state index < -0.39 is 0 Å². The summed E-state index contributed by atoms with van der Waals surface area (Å²) in [5.74, 6) is 0.570. The fraction of sp³-hybridized carbons (Fsp3) is 0.310. The number of carbonyl (C=O) groups is 1. The second-order valence-electron chi connectivity index (χ2n) is 8.67. The number of aryl methyl sites for hydroxylation is 1. The zero-order chi connectivity index (χ0) is 26.2. The molecular weight excluding hydrogens is 489 g/mol. The number of halogens is 1. The molecule has 0 atom stereocenters. The molecule has 194 valence electrons. The van der Waals surface area contributed by atoms with Gasteiger partial charge in [-0.05, 0) is 55.3 Å². The van der Waals surface area contributed by atoms with E-state index in [1.165, 1.54) is 6.07 Å². The van der Waals surface area contributed by atoms with Crippen molar-refractivity contribution < 1.29 is 18.7 Å². The van der Waals surface area contributed by atoms with Gasteiger partial charge in [0.25, 0.3) is 5.91 Å². The van der Waals surface area contributed by atoms with Gasteiger partial charge in [0.2, 0.25) is 0 Å². The van der Waals surface area contributed by atoms with Gasteiger partial charge < -0.3 is 24.6 Å². The largest absolute Gasteiger partial charge is 0.490 e. The minimum atomic E-state index is -0.240. The highest BCUT2D eigenvalue weighted by atomic mass is 32.1. The van der Waals surface area contributed by atoms with Crippen LogP contribution in [0.5, 0.6) is 11.5 Å². The van der Waals surface area contributed by atoms with Crippen LogP contribution in [-0.4, -0.2) is 55.2 Å². The van der Waals surface area contributed by atoms with Gasteiger partial charge in [-0.3, -0.25) is 4.79 Å². The Bertz CT molecular complexity index is 1240. The van der Waals surface area contributed by atoms with Crippen molar-refractivity contribution in [2.45, 2.75) is 20.3 Å². The van der Waals surface area contributed by atoms with Gasteiger partial charge in [-0.1, -0.05) is 49.5 Å². The molecule has 0 radical (unpaired) electrons. The van der Waals surface area contributed by atoms with Gasteiger partial charge in [-0.2, -0.15) is 0 Å². The Labute approximate surface area is 223 Å². The average molecular weight is 522 g/mol. The SMILES string of the molecule is CCOc1cc(C(=S)N2CCN(c3ccccc3F)CC2)ccc1OCC(=O)Nc1ccccc1CC. The smallest absolute Gasteiger partial charge is 0.262 e. The van der Waals surface area contributed by atoms with Crippen LogP contribution >= 0.6 is 12.2 Å². The van der Waals surface area contributed by atoms with Crippen molar-refractivity contribution in [3.8, 4) is 11.5 Å². The number of amides is 1. The minimum Gasteiger partial charge on any atom is -0.490 e. The third kappa shape index (κ3) is 6.57. The third-order valence-electron chi connectivity index (χ3n) is 6.28. The molecule has 0 saturated carbocycles. The number of para-hydroxylation sites is 2. The molecule has 0 unspecified atom stereocenters. The van der Waals surface area contributed by atoms with Crippen LogP contribution in [0.2, 0.25) is 0 Å². The van der Waals surface area contributed by atoms with Crippen molar-refractivity contribution in [3.63, 3.8) is 0 Å². The van der Waals surface area contributed by atoms with Crippen molar-refractivity contribution in [2.24, 2.45) is 0 Å². The Hall–Kier alpha value is -3.65. The van der Waals surface area contributed by atoms with Crippen LogP contribution < -0.4 is 19.7 Å². The van der Waals surface area contributed by atoms with E-state index in [9.17, 15) is 9.18 Å². The first-order valence-electron chi connectivity index (χ1n) is 12.6. The summed E-state index contributed by atoms with van der Waals surface area (Å²) in [7, 11) is 0. The molecule has 1 amide bonds. The number of nitrogens with zero attached hydrogens (tertiary/aromatic N) is 2. The lowest BCUT2D eigenvalue weighted by Crippen LogP contribution is -2.48. The van der Waals surface area contributed by atoms with Gasteiger partial charge in [0.15, 0.2) is 18.1 Å². The highest BCUT2D eigenvalue weighted by Crippen LogP contribution is 2.30. The molecule has 3 aromatic rings. The van der Waals surface area contributed by atoms with E-state index in [2.05, 4.69) is 10.2 Å². The van der Waals surface area contributed by atoms with Crippen molar-refractivity contribution >= 4 is 34.5 Å². The number of ether oxygens (including phenoxy) is 2. The molecule has 1 heterocycles. The molecule has 4 rings (SSSR count). The molecule has 8 heteroatoms. The van der Waals surface area contributed by atoms with Gasteiger partial charge >= 0.3 is 0 Å². The number of benzene rings is 3. The zero-order valence-corrected chi connectivity index (χ0v) is 22.0. The predicted octanol–water partition coefficient (Wildman–Crippen LogP) is 5.30. The Morgan fingerprint density at radius 3 is 2.41 bits per heavy atom. The molecular formula is C29H32FN3O3S. The van der Waals surface area contributed by atoms with Gasteiger partial charge in [0.1, 0.15) is 10.8 Å². The number of piperazine rings is 1. The lowest BCUT2D eigenvalue weighted by molar-refractivity contribution is -0.118. The predicted molar refractivity (Wildman–Crippen MR) is 149 cm³/mol. The maximum atomic E-state index is 14.2. The second-order valence-corrected chi connectivity index (χ2v) is 9.06. The number of anilines is 2. The van der Waals surface area contributed by atoms with Crippen LogP contribution in [0.4, 0.5) is 15.8 Å².